The Bertz CT molecular complexity index is 576. The lowest BCUT2D eigenvalue weighted by molar-refractivity contribution is -0.549. The van der Waals surface area contributed by atoms with E-state index < -0.39 is 29.7 Å². The largest absolute Gasteiger partial charge is 0.355 e. The summed E-state index contributed by atoms with van der Waals surface area (Å²) >= 11 is 0. The molecule has 0 aromatic rings. The quantitative estimate of drug-likeness (QED) is 0.419. The van der Waals surface area contributed by atoms with Gasteiger partial charge in [0.05, 0.1) is 25.0 Å². The van der Waals surface area contributed by atoms with Gasteiger partial charge in [0.1, 0.15) is 11.7 Å². The minimum atomic E-state index is -0.892. The van der Waals surface area contributed by atoms with E-state index in [2.05, 4.69) is 0 Å². The molecule has 3 heterocycles. The van der Waals surface area contributed by atoms with Crippen LogP contribution in [0.1, 0.15) is 25.7 Å². The van der Waals surface area contributed by atoms with Crippen LogP contribution in [-0.4, -0.2) is 53.1 Å². The van der Waals surface area contributed by atoms with E-state index in [-0.39, 0.29) is 22.1 Å². The normalized spacial score (nSPS) is 43.9. The van der Waals surface area contributed by atoms with Crippen LogP contribution in [0.5, 0.6) is 0 Å². The van der Waals surface area contributed by atoms with Gasteiger partial charge in [-0.1, -0.05) is 12.2 Å². The number of fused-ring (bicyclic) bond motifs is 1. The SMILES string of the molecule is O=[N+]([O-])[C@@H]1[C@@H]2C=C[C@@]3(O2)[C@H]1CC[C@@H]([N+](=O)[O-])[C@@H]3CCC1OCCO1. The summed E-state index contributed by atoms with van der Waals surface area (Å²) in [6.07, 6.45) is 4.47. The minimum Gasteiger partial charge on any atom is -0.355 e. The van der Waals surface area contributed by atoms with E-state index in [1.54, 1.807) is 6.08 Å². The lowest BCUT2D eigenvalue weighted by atomic mass is 9.62. The number of rotatable bonds is 5. The number of ether oxygens (including phenoxy) is 3. The molecular formula is C15H20N2O7. The smallest absolute Gasteiger partial charge is 0.248 e. The van der Waals surface area contributed by atoms with Crippen molar-refractivity contribution in [1.29, 1.82) is 0 Å². The van der Waals surface area contributed by atoms with E-state index in [1.165, 1.54) is 0 Å². The van der Waals surface area contributed by atoms with Crippen LogP contribution < -0.4 is 0 Å². The molecule has 0 aromatic carbocycles. The topological polar surface area (TPSA) is 114 Å². The second-order valence-corrected chi connectivity index (χ2v) is 6.96. The zero-order valence-corrected chi connectivity index (χ0v) is 13.1. The second kappa shape index (κ2) is 5.75. The highest BCUT2D eigenvalue weighted by atomic mass is 16.7. The molecule has 0 radical (unpaired) electrons. The first-order chi connectivity index (χ1) is 11.5. The van der Waals surface area contributed by atoms with Gasteiger partial charge in [-0.05, 0) is 19.3 Å². The van der Waals surface area contributed by atoms with Gasteiger partial charge in [0.2, 0.25) is 12.1 Å². The number of nitro groups is 2. The first-order valence-corrected chi connectivity index (χ1v) is 8.40. The molecule has 2 saturated heterocycles. The molecule has 2 bridgehead atoms. The molecule has 0 aromatic heterocycles. The van der Waals surface area contributed by atoms with Gasteiger partial charge in [-0.25, -0.2) is 0 Å². The molecule has 1 saturated carbocycles. The monoisotopic (exact) mass is 340 g/mol. The van der Waals surface area contributed by atoms with Crippen LogP contribution >= 0.6 is 0 Å². The van der Waals surface area contributed by atoms with Crippen molar-refractivity contribution in [2.24, 2.45) is 11.8 Å². The molecular weight excluding hydrogens is 320 g/mol. The summed E-state index contributed by atoms with van der Waals surface area (Å²) in [6, 6.07) is -1.55. The fraction of sp³-hybridized carbons (Fsp3) is 0.867. The molecule has 3 aliphatic heterocycles. The number of hydrogen-bond acceptors (Lipinski definition) is 7. The Labute approximate surface area is 138 Å². The highest BCUT2D eigenvalue weighted by Gasteiger charge is 2.69. The average molecular weight is 340 g/mol. The van der Waals surface area contributed by atoms with E-state index in [0.717, 1.165) is 0 Å². The lowest BCUT2D eigenvalue weighted by Crippen LogP contribution is -2.55. The van der Waals surface area contributed by atoms with Crippen molar-refractivity contribution in [3.05, 3.63) is 32.4 Å². The molecule has 4 rings (SSSR count). The summed E-state index contributed by atoms with van der Waals surface area (Å²) in [5.41, 5.74) is -0.892. The summed E-state index contributed by atoms with van der Waals surface area (Å²) in [5, 5.41) is 23.0. The predicted octanol–water partition coefficient (Wildman–Crippen LogP) is 1.16. The summed E-state index contributed by atoms with van der Waals surface area (Å²) in [5.74, 6) is -0.695. The number of nitrogens with zero attached hydrogens (tertiary/aromatic N) is 2. The van der Waals surface area contributed by atoms with Crippen LogP contribution in [0.15, 0.2) is 12.2 Å². The fourth-order valence-corrected chi connectivity index (χ4v) is 5.01. The van der Waals surface area contributed by atoms with Crippen molar-refractivity contribution in [3.63, 3.8) is 0 Å². The van der Waals surface area contributed by atoms with Gasteiger partial charge in [-0.3, -0.25) is 20.2 Å². The molecule has 4 aliphatic rings. The van der Waals surface area contributed by atoms with Gasteiger partial charge in [-0.2, -0.15) is 0 Å². The summed E-state index contributed by atoms with van der Waals surface area (Å²) < 4.78 is 16.9. The Morgan fingerprint density at radius 2 is 1.83 bits per heavy atom. The molecule has 132 valence electrons. The van der Waals surface area contributed by atoms with Crippen molar-refractivity contribution in [2.45, 2.75) is 55.8 Å². The van der Waals surface area contributed by atoms with Crippen molar-refractivity contribution >= 4 is 0 Å². The standard InChI is InChI=1S/C15H20N2O7/c18-16(19)11-3-1-10-14(17(20)21)12-5-6-15(10,24-12)9(11)2-4-13-22-7-8-23-13/h5-6,9-14H,1-4,7-8H2/t9-,10-,11+,12-,14-,15-/m0/s1. The van der Waals surface area contributed by atoms with Gasteiger partial charge in [0.15, 0.2) is 6.29 Å². The molecule has 9 heteroatoms. The molecule has 9 nitrogen and oxygen atoms in total. The second-order valence-electron chi connectivity index (χ2n) is 6.96. The summed E-state index contributed by atoms with van der Waals surface area (Å²) in [7, 11) is 0. The zero-order valence-electron chi connectivity index (χ0n) is 13.1. The van der Waals surface area contributed by atoms with E-state index in [0.29, 0.717) is 38.9 Å². The van der Waals surface area contributed by atoms with E-state index in [1.807, 2.05) is 6.08 Å². The van der Waals surface area contributed by atoms with Crippen molar-refractivity contribution in [2.75, 3.05) is 13.2 Å². The Balaban J connectivity index is 1.60. The van der Waals surface area contributed by atoms with Crippen LogP contribution in [-0.2, 0) is 14.2 Å². The van der Waals surface area contributed by atoms with E-state index in [4.69, 9.17) is 14.2 Å². The summed E-state index contributed by atoms with van der Waals surface area (Å²) in [6.45, 7) is 1.06. The van der Waals surface area contributed by atoms with Crippen LogP contribution in [0.3, 0.4) is 0 Å². The Morgan fingerprint density at radius 3 is 2.50 bits per heavy atom. The Morgan fingerprint density at radius 1 is 1.08 bits per heavy atom. The van der Waals surface area contributed by atoms with Crippen LogP contribution in [0, 0.1) is 32.1 Å². The van der Waals surface area contributed by atoms with Gasteiger partial charge in [-0.15, -0.1) is 0 Å². The Hall–Kier alpha value is -1.58. The maximum Gasteiger partial charge on any atom is 0.248 e. The maximum absolute atomic E-state index is 11.6. The van der Waals surface area contributed by atoms with Crippen LogP contribution in [0.2, 0.25) is 0 Å². The van der Waals surface area contributed by atoms with Crippen molar-refractivity contribution in [3.8, 4) is 0 Å². The first kappa shape index (κ1) is 15.9. The average Bonchev–Trinajstić information content (AvgIpc) is 3.25. The maximum atomic E-state index is 11.6. The van der Waals surface area contributed by atoms with Gasteiger partial charge >= 0.3 is 0 Å². The van der Waals surface area contributed by atoms with Gasteiger partial charge in [0, 0.05) is 16.3 Å². The third-order valence-corrected chi connectivity index (χ3v) is 5.95. The van der Waals surface area contributed by atoms with Crippen molar-refractivity contribution < 1.29 is 24.1 Å². The molecule has 1 aliphatic carbocycles. The molecule has 6 atom stereocenters. The zero-order chi connectivity index (χ0) is 16.9. The summed E-state index contributed by atoms with van der Waals surface area (Å²) in [4.78, 5) is 22.5. The highest BCUT2D eigenvalue weighted by Crippen LogP contribution is 2.56. The molecule has 3 fully saturated rings. The molecule has 1 spiro atoms. The van der Waals surface area contributed by atoms with Crippen LogP contribution in [0.4, 0.5) is 0 Å². The van der Waals surface area contributed by atoms with Gasteiger partial charge < -0.3 is 14.2 Å². The van der Waals surface area contributed by atoms with Gasteiger partial charge in [0.25, 0.3) is 0 Å². The Kier molecular flexibility index (Phi) is 3.81. The molecule has 24 heavy (non-hydrogen) atoms. The minimum absolute atomic E-state index is 0.254. The third kappa shape index (κ3) is 2.26. The fourth-order valence-electron chi connectivity index (χ4n) is 5.01. The molecule has 0 N–H and O–H groups in total. The number of hydrogen-bond donors (Lipinski definition) is 0. The van der Waals surface area contributed by atoms with E-state index in [9.17, 15) is 20.2 Å². The highest BCUT2D eigenvalue weighted by molar-refractivity contribution is 5.27. The van der Waals surface area contributed by atoms with E-state index >= 15 is 0 Å². The first-order valence-electron chi connectivity index (χ1n) is 8.40. The third-order valence-electron chi connectivity index (χ3n) is 5.95. The molecule has 0 unspecified atom stereocenters. The van der Waals surface area contributed by atoms with Crippen molar-refractivity contribution in [1.82, 2.24) is 0 Å². The van der Waals surface area contributed by atoms with Crippen LogP contribution in [0.25, 0.3) is 0 Å². The molecule has 0 amide bonds. The predicted molar refractivity (Wildman–Crippen MR) is 79.4 cm³/mol. The lowest BCUT2D eigenvalue weighted by Gasteiger charge is -2.43.